The summed E-state index contributed by atoms with van der Waals surface area (Å²) in [6.45, 7) is 2.39. The average molecular weight is 276 g/mol. The van der Waals surface area contributed by atoms with Gasteiger partial charge in [-0.15, -0.1) is 11.3 Å². The van der Waals surface area contributed by atoms with Crippen molar-refractivity contribution < 1.29 is 4.74 Å². The number of rotatable bonds is 6. The van der Waals surface area contributed by atoms with E-state index in [2.05, 4.69) is 41.6 Å². The number of nitrogens with two attached hydrogens (primary N) is 1. The third-order valence-electron chi connectivity index (χ3n) is 3.02. The van der Waals surface area contributed by atoms with Crippen LogP contribution in [-0.2, 0) is 19.6 Å². The lowest BCUT2D eigenvalue weighted by Gasteiger charge is -2.17. The highest BCUT2D eigenvalue weighted by atomic mass is 32.1. The summed E-state index contributed by atoms with van der Waals surface area (Å²) >= 11 is 1.79. The largest absolute Gasteiger partial charge is 0.496 e. The van der Waals surface area contributed by atoms with Crippen molar-refractivity contribution in [3.05, 3.63) is 51.7 Å². The first kappa shape index (κ1) is 14.1. The smallest absolute Gasteiger partial charge is 0.123 e. The van der Waals surface area contributed by atoms with Gasteiger partial charge in [-0.1, -0.05) is 12.1 Å². The van der Waals surface area contributed by atoms with Crippen LogP contribution < -0.4 is 10.5 Å². The molecule has 2 aromatic rings. The lowest BCUT2D eigenvalue weighted by Crippen LogP contribution is -2.16. The van der Waals surface area contributed by atoms with Crippen molar-refractivity contribution in [3.63, 3.8) is 0 Å². The van der Waals surface area contributed by atoms with Crippen molar-refractivity contribution in [2.75, 3.05) is 14.2 Å². The van der Waals surface area contributed by atoms with Gasteiger partial charge in [0.1, 0.15) is 5.75 Å². The SMILES string of the molecule is COc1ccc(CN(C)Cc2cccs2)cc1CN. The molecule has 19 heavy (non-hydrogen) atoms. The molecule has 0 atom stereocenters. The molecule has 0 aliphatic rings. The van der Waals surface area contributed by atoms with Gasteiger partial charge in [0.2, 0.25) is 0 Å². The molecule has 0 bridgehead atoms. The van der Waals surface area contributed by atoms with Gasteiger partial charge in [-0.3, -0.25) is 4.90 Å². The van der Waals surface area contributed by atoms with Crippen LogP contribution in [0.5, 0.6) is 5.75 Å². The zero-order valence-electron chi connectivity index (χ0n) is 11.4. The highest BCUT2D eigenvalue weighted by Gasteiger charge is 2.06. The number of hydrogen-bond acceptors (Lipinski definition) is 4. The highest BCUT2D eigenvalue weighted by Crippen LogP contribution is 2.20. The second kappa shape index (κ2) is 6.70. The van der Waals surface area contributed by atoms with E-state index < -0.39 is 0 Å². The zero-order chi connectivity index (χ0) is 13.7. The standard InChI is InChI=1S/C15H20N2OS/c1-17(11-14-4-3-7-19-14)10-12-5-6-15(18-2)13(8-12)9-16/h3-8H,9-11,16H2,1-2H3. The lowest BCUT2D eigenvalue weighted by molar-refractivity contribution is 0.321. The molecule has 0 aliphatic carbocycles. The van der Waals surface area contributed by atoms with Crippen molar-refractivity contribution in [2.45, 2.75) is 19.6 Å². The molecular formula is C15H20N2OS. The van der Waals surface area contributed by atoms with Gasteiger partial charge in [0, 0.05) is 30.1 Å². The number of ether oxygens (including phenoxy) is 1. The number of nitrogens with zero attached hydrogens (tertiary/aromatic N) is 1. The van der Waals surface area contributed by atoms with Crippen molar-refractivity contribution in [3.8, 4) is 5.75 Å². The van der Waals surface area contributed by atoms with Gasteiger partial charge in [-0.05, 0) is 36.2 Å². The Labute approximate surface area is 118 Å². The van der Waals surface area contributed by atoms with Crippen molar-refractivity contribution >= 4 is 11.3 Å². The van der Waals surface area contributed by atoms with Crippen LogP contribution in [0.15, 0.2) is 35.7 Å². The van der Waals surface area contributed by atoms with Crippen LogP contribution >= 0.6 is 11.3 Å². The van der Waals surface area contributed by atoms with Crippen LogP contribution in [0.3, 0.4) is 0 Å². The molecule has 1 aromatic heterocycles. The van der Waals surface area contributed by atoms with E-state index in [1.807, 2.05) is 6.07 Å². The molecule has 0 spiro atoms. The Balaban J connectivity index is 2.02. The van der Waals surface area contributed by atoms with E-state index in [-0.39, 0.29) is 0 Å². The first-order chi connectivity index (χ1) is 9.22. The van der Waals surface area contributed by atoms with Gasteiger partial charge in [0.25, 0.3) is 0 Å². The summed E-state index contributed by atoms with van der Waals surface area (Å²) in [5.41, 5.74) is 8.07. The number of thiophene rings is 1. The van der Waals surface area contributed by atoms with Crippen molar-refractivity contribution in [1.29, 1.82) is 0 Å². The summed E-state index contributed by atoms with van der Waals surface area (Å²) in [7, 11) is 3.81. The highest BCUT2D eigenvalue weighted by molar-refractivity contribution is 7.09. The first-order valence-corrected chi connectivity index (χ1v) is 7.17. The van der Waals surface area contributed by atoms with E-state index in [0.29, 0.717) is 6.54 Å². The van der Waals surface area contributed by atoms with E-state index in [0.717, 1.165) is 24.4 Å². The summed E-state index contributed by atoms with van der Waals surface area (Å²) in [6.07, 6.45) is 0. The van der Waals surface area contributed by atoms with Gasteiger partial charge in [-0.2, -0.15) is 0 Å². The first-order valence-electron chi connectivity index (χ1n) is 6.29. The molecular weight excluding hydrogens is 256 g/mol. The Bertz CT molecular complexity index is 511. The predicted molar refractivity (Wildman–Crippen MR) is 80.4 cm³/mol. The van der Waals surface area contributed by atoms with Crippen LogP contribution in [0.1, 0.15) is 16.0 Å². The van der Waals surface area contributed by atoms with Crippen molar-refractivity contribution in [2.24, 2.45) is 5.73 Å². The van der Waals surface area contributed by atoms with E-state index in [4.69, 9.17) is 10.5 Å². The van der Waals surface area contributed by atoms with Gasteiger partial charge in [-0.25, -0.2) is 0 Å². The third-order valence-corrected chi connectivity index (χ3v) is 3.88. The molecule has 0 saturated heterocycles. The minimum absolute atomic E-state index is 0.506. The van der Waals surface area contributed by atoms with Crippen LogP contribution in [0.2, 0.25) is 0 Å². The third kappa shape index (κ3) is 3.80. The molecule has 2 N–H and O–H groups in total. The molecule has 0 saturated carbocycles. The summed E-state index contributed by atoms with van der Waals surface area (Å²) in [5.74, 6) is 0.868. The minimum atomic E-state index is 0.506. The van der Waals surface area contributed by atoms with Gasteiger partial charge < -0.3 is 10.5 Å². The Morgan fingerprint density at radius 3 is 2.74 bits per heavy atom. The molecule has 3 nitrogen and oxygen atoms in total. The summed E-state index contributed by atoms with van der Waals surface area (Å²) < 4.78 is 5.29. The van der Waals surface area contributed by atoms with Gasteiger partial charge in [0.15, 0.2) is 0 Å². The second-order valence-corrected chi connectivity index (χ2v) is 5.63. The molecule has 2 rings (SSSR count). The Kier molecular flexibility index (Phi) is 4.96. The number of benzene rings is 1. The molecule has 0 fully saturated rings. The van der Waals surface area contributed by atoms with Crippen LogP contribution in [-0.4, -0.2) is 19.1 Å². The molecule has 102 valence electrons. The molecule has 0 amide bonds. The molecule has 1 aromatic carbocycles. The summed E-state index contributed by atoms with van der Waals surface area (Å²) in [5, 5.41) is 2.11. The Morgan fingerprint density at radius 1 is 1.26 bits per heavy atom. The number of hydrogen-bond donors (Lipinski definition) is 1. The van der Waals surface area contributed by atoms with Crippen LogP contribution in [0.4, 0.5) is 0 Å². The normalized spacial score (nSPS) is 10.9. The maximum Gasteiger partial charge on any atom is 0.123 e. The van der Waals surface area contributed by atoms with Crippen LogP contribution in [0.25, 0.3) is 0 Å². The number of methoxy groups -OCH3 is 1. The fraction of sp³-hybridized carbons (Fsp3) is 0.333. The summed E-state index contributed by atoms with van der Waals surface area (Å²) in [4.78, 5) is 3.68. The molecule has 0 radical (unpaired) electrons. The second-order valence-electron chi connectivity index (χ2n) is 4.60. The van der Waals surface area contributed by atoms with Gasteiger partial charge >= 0.3 is 0 Å². The zero-order valence-corrected chi connectivity index (χ0v) is 12.2. The minimum Gasteiger partial charge on any atom is -0.496 e. The maximum atomic E-state index is 5.74. The van der Waals surface area contributed by atoms with Crippen molar-refractivity contribution in [1.82, 2.24) is 4.90 Å². The lowest BCUT2D eigenvalue weighted by atomic mass is 10.1. The van der Waals surface area contributed by atoms with Crippen LogP contribution in [0, 0.1) is 0 Å². The Morgan fingerprint density at radius 2 is 2.11 bits per heavy atom. The Hall–Kier alpha value is -1.36. The predicted octanol–water partition coefficient (Wildman–Crippen LogP) is 2.85. The monoisotopic (exact) mass is 276 g/mol. The molecule has 4 heteroatoms. The van der Waals surface area contributed by atoms with Gasteiger partial charge in [0.05, 0.1) is 7.11 Å². The molecule has 1 heterocycles. The van der Waals surface area contributed by atoms with E-state index in [9.17, 15) is 0 Å². The van der Waals surface area contributed by atoms with E-state index in [1.165, 1.54) is 10.4 Å². The quantitative estimate of drug-likeness (QED) is 0.881. The summed E-state index contributed by atoms with van der Waals surface area (Å²) in [6, 6.07) is 10.5. The molecule has 0 unspecified atom stereocenters. The average Bonchev–Trinajstić information content (AvgIpc) is 2.91. The fourth-order valence-electron chi connectivity index (χ4n) is 2.13. The van der Waals surface area contributed by atoms with E-state index >= 15 is 0 Å². The topological polar surface area (TPSA) is 38.5 Å². The fourth-order valence-corrected chi connectivity index (χ4v) is 2.91. The molecule has 0 aliphatic heterocycles. The maximum absolute atomic E-state index is 5.74. The van der Waals surface area contributed by atoms with E-state index in [1.54, 1.807) is 18.4 Å².